The Bertz CT molecular complexity index is 238. The van der Waals surface area contributed by atoms with Gasteiger partial charge in [-0.3, -0.25) is 4.79 Å². The van der Waals surface area contributed by atoms with Crippen molar-refractivity contribution in [3.8, 4) is 0 Å². The van der Waals surface area contributed by atoms with Crippen molar-refractivity contribution in [1.82, 2.24) is 0 Å². The van der Waals surface area contributed by atoms with Gasteiger partial charge < -0.3 is 4.74 Å². The fraction of sp³-hybridized carbons (Fsp3) is 0.950. The number of esters is 1. The minimum atomic E-state index is -0.0235. The zero-order valence-corrected chi connectivity index (χ0v) is 15.5. The summed E-state index contributed by atoms with van der Waals surface area (Å²) in [5.41, 5.74) is 0. The van der Waals surface area contributed by atoms with Crippen LogP contribution in [-0.4, -0.2) is 12.6 Å². The quantitative estimate of drug-likeness (QED) is 0.235. The highest BCUT2D eigenvalue weighted by molar-refractivity contribution is 5.69. The number of carbonyl (C=O) groups excluding carboxylic acids is 1. The van der Waals surface area contributed by atoms with E-state index in [2.05, 4.69) is 13.8 Å². The Morgan fingerprint density at radius 3 is 1.82 bits per heavy atom. The highest BCUT2D eigenvalue weighted by atomic mass is 16.5. The van der Waals surface area contributed by atoms with Crippen LogP contribution in [0.25, 0.3) is 0 Å². The van der Waals surface area contributed by atoms with E-state index in [0.29, 0.717) is 13.0 Å². The lowest BCUT2D eigenvalue weighted by Gasteiger charge is -2.16. The van der Waals surface area contributed by atoms with Crippen LogP contribution in [0.15, 0.2) is 0 Å². The Balaban J connectivity index is 3.78. The Hall–Kier alpha value is -0.530. The van der Waals surface area contributed by atoms with Crippen molar-refractivity contribution in [2.75, 3.05) is 6.61 Å². The summed E-state index contributed by atoms with van der Waals surface area (Å²) in [5, 5.41) is 0. The lowest BCUT2D eigenvalue weighted by Crippen LogP contribution is -2.05. The van der Waals surface area contributed by atoms with Gasteiger partial charge in [-0.2, -0.15) is 0 Å². The van der Waals surface area contributed by atoms with E-state index in [0.717, 1.165) is 12.3 Å². The van der Waals surface area contributed by atoms with Crippen molar-refractivity contribution >= 4 is 5.97 Å². The Kier molecular flexibility index (Phi) is 16.4. The second kappa shape index (κ2) is 16.8. The summed E-state index contributed by atoms with van der Waals surface area (Å²) in [5.74, 6) is 0.861. The summed E-state index contributed by atoms with van der Waals surface area (Å²) in [6, 6.07) is 0. The van der Waals surface area contributed by atoms with Crippen LogP contribution in [0, 0.1) is 5.92 Å². The largest absolute Gasteiger partial charge is 0.466 e. The number of hydrogen-bond donors (Lipinski definition) is 0. The normalized spacial score (nSPS) is 12.3. The van der Waals surface area contributed by atoms with E-state index in [4.69, 9.17) is 4.74 Å². The molecule has 0 fully saturated rings. The van der Waals surface area contributed by atoms with E-state index < -0.39 is 0 Å². The average Bonchev–Trinajstić information content (AvgIpc) is 2.51. The molecule has 0 aliphatic carbocycles. The van der Waals surface area contributed by atoms with Gasteiger partial charge in [0.05, 0.1) is 6.61 Å². The molecular weight excluding hydrogens is 272 g/mol. The molecule has 0 aliphatic rings. The molecule has 0 rings (SSSR count). The molecule has 132 valence electrons. The third-order valence-electron chi connectivity index (χ3n) is 4.48. The van der Waals surface area contributed by atoms with Gasteiger partial charge in [-0.1, -0.05) is 90.9 Å². The molecule has 0 N–H and O–H groups in total. The van der Waals surface area contributed by atoms with E-state index in [1.54, 1.807) is 0 Å². The van der Waals surface area contributed by atoms with E-state index in [9.17, 15) is 4.79 Å². The van der Waals surface area contributed by atoms with Crippen LogP contribution >= 0.6 is 0 Å². The molecule has 0 aromatic rings. The number of ether oxygens (including phenoxy) is 1. The van der Waals surface area contributed by atoms with Crippen LogP contribution in [-0.2, 0) is 9.53 Å². The molecule has 2 heteroatoms. The predicted molar refractivity (Wildman–Crippen MR) is 96.1 cm³/mol. The molecule has 1 unspecified atom stereocenters. The molecule has 0 aliphatic heterocycles. The molecule has 0 bridgehead atoms. The van der Waals surface area contributed by atoms with Gasteiger partial charge in [0.15, 0.2) is 0 Å². The van der Waals surface area contributed by atoms with Crippen molar-refractivity contribution in [2.45, 2.75) is 111 Å². The van der Waals surface area contributed by atoms with Crippen LogP contribution in [0.3, 0.4) is 0 Å². The third-order valence-corrected chi connectivity index (χ3v) is 4.48. The lowest BCUT2D eigenvalue weighted by atomic mass is 9.90. The van der Waals surface area contributed by atoms with Crippen LogP contribution in [0.4, 0.5) is 0 Å². The van der Waals surface area contributed by atoms with Gasteiger partial charge in [0.2, 0.25) is 0 Å². The second-order valence-electron chi connectivity index (χ2n) is 6.62. The van der Waals surface area contributed by atoms with Crippen molar-refractivity contribution < 1.29 is 9.53 Å². The molecule has 1 atom stereocenters. The van der Waals surface area contributed by atoms with Crippen LogP contribution in [0.5, 0.6) is 0 Å². The fourth-order valence-corrected chi connectivity index (χ4v) is 3.09. The van der Waals surface area contributed by atoms with Crippen LogP contribution < -0.4 is 0 Å². The standard InChI is InChI=1S/C20H40O2/c1-4-7-9-10-12-16-19(15-11-8-5-2)17-13-14-18-20(21)22-6-3/h19H,4-18H2,1-3H3. The van der Waals surface area contributed by atoms with Gasteiger partial charge in [-0.05, 0) is 19.3 Å². The summed E-state index contributed by atoms with van der Waals surface area (Å²) in [6.07, 6.45) is 17.9. The fourth-order valence-electron chi connectivity index (χ4n) is 3.09. The van der Waals surface area contributed by atoms with E-state index in [1.807, 2.05) is 6.92 Å². The SMILES string of the molecule is CCCCCCCC(CCCCC)CCCCC(=O)OCC. The summed E-state index contributed by atoms with van der Waals surface area (Å²) in [4.78, 5) is 11.3. The number of rotatable bonds is 16. The number of hydrogen-bond acceptors (Lipinski definition) is 2. The second-order valence-corrected chi connectivity index (χ2v) is 6.62. The summed E-state index contributed by atoms with van der Waals surface area (Å²) >= 11 is 0. The van der Waals surface area contributed by atoms with Crippen molar-refractivity contribution in [3.05, 3.63) is 0 Å². The van der Waals surface area contributed by atoms with Crippen molar-refractivity contribution in [1.29, 1.82) is 0 Å². The molecule has 0 aromatic carbocycles. The zero-order valence-electron chi connectivity index (χ0n) is 15.5. The van der Waals surface area contributed by atoms with Gasteiger partial charge in [0.1, 0.15) is 0 Å². The molecule has 0 amide bonds. The molecule has 0 saturated heterocycles. The van der Waals surface area contributed by atoms with Gasteiger partial charge in [-0.15, -0.1) is 0 Å². The first kappa shape index (κ1) is 21.5. The van der Waals surface area contributed by atoms with E-state index in [1.165, 1.54) is 77.0 Å². The molecule has 2 nitrogen and oxygen atoms in total. The topological polar surface area (TPSA) is 26.3 Å². The van der Waals surface area contributed by atoms with Crippen molar-refractivity contribution in [2.24, 2.45) is 5.92 Å². The molecule has 0 aromatic heterocycles. The predicted octanol–water partition coefficient (Wildman–Crippen LogP) is 6.67. The first-order valence-corrected chi connectivity index (χ1v) is 9.90. The number of carbonyl (C=O) groups is 1. The highest BCUT2D eigenvalue weighted by Crippen LogP contribution is 2.23. The van der Waals surface area contributed by atoms with Gasteiger partial charge in [-0.25, -0.2) is 0 Å². The molecule has 0 heterocycles. The van der Waals surface area contributed by atoms with Crippen LogP contribution in [0.2, 0.25) is 0 Å². The van der Waals surface area contributed by atoms with E-state index >= 15 is 0 Å². The molecule has 22 heavy (non-hydrogen) atoms. The zero-order chi connectivity index (χ0) is 16.5. The molecular formula is C20H40O2. The van der Waals surface area contributed by atoms with E-state index in [-0.39, 0.29) is 5.97 Å². The maximum Gasteiger partial charge on any atom is 0.305 e. The summed E-state index contributed by atoms with van der Waals surface area (Å²) < 4.78 is 4.99. The smallest absolute Gasteiger partial charge is 0.305 e. The Morgan fingerprint density at radius 1 is 0.727 bits per heavy atom. The summed E-state index contributed by atoms with van der Waals surface area (Å²) in [7, 11) is 0. The summed E-state index contributed by atoms with van der Waals surface area (Å²) in [6.45, 7) is 6.94. The monoisotopic (exact) mass is 312 g/mol. The van der Waals surface area contributed by atoms with Crippen molar-refractivity contribution in [3.63, 3.8) is 0 Å². The molecule has 0 saturated carbocycles. The minimum absolute atomic E-state index is 0.0235. The molecule has 0 radical (unpaired) electrons. The Labute approximate surface area is 139 Å². The maximum atomic E-state index is 11.3. The maximum absolute atomic E-state index is 11.3. The first-order valence-electron chi connectivity index (χ1n) is 9.90. The highest BCUT2D eigenvalue weighted by Gasteiger charge is 2.09. The van der Waals surface area contributed by atoms with Gasteiger partial charge >= 0.3 is 5.97 Å². The average molecular weight is 313 g/mol. The number of unbranched alkanes of at least 4 members (excludes halogenated alkanes) is 7. The molecule has 0 spiro atoms. The van der Waals surface area contributed by atoms with Gasteiger partial charge in [0.25, 0.3) is 0 Å². The van der Waals surface area contributed by atoms with Gasteiger partial charge in [0, 0.05) is 6.42 Å². The third kappa shape index (κ3) is 14.4. The lowest BCUT2D eigenvalue weighted by molar-refractivity contribution is -0.143. The van der Waals surface area contributed by atoms with Crippen LogP contribution in [0.1, 0.15) is 111 Å². The Morgan fingerprint density at radius 2 is 1.23 bits per heavy atom. The minimum Gasteiger partial charge on any atom is -0.466 e. The first-order chi connectivity index (χ1) is 10.7.